The van der Waals surface area contributed by atoms with E-state index in [4.69, 9.17) is 5.73 Å². The van der Waals surface area contributed by atoms with E-state index in [1.165, 1.54) is 32.4 Å². The molecule has 0 spiro atoms. The topological polar surface area (TPSA) is 58.4 Å². The number of nitrogens with zero attached hydrogens (tertiary/aromatic N) is 1. The van der Waals surface area contributed by atoms with E-state index in [-0.39, 0.29) is 5.91 Å². The van der Waals surface area contributed by atoms with Gasteiger partial charge in [-0.25, -0.2) is 0 Å². The highest BCUT2D eigenvalue weighted by molar-refractivity contribution is 5.84. The molecule has 1 aliphatic carbocycles. The van der Waals surface area contributed by atoms with E-state index < -0.39 is 5.54 Å². The molecule has 3 unspecified atom stereocenters. The third-order valence-electron chi connectivity index (χ3n) is 5.21. The predicted molar refractivity (Wildman–Crippen MR) is 82.4 cm³/mol. The fourth-order valence-corrected chi connectivity index (χ4v) is 3.15. The maximum atomic E-state index is 11.7. The van der Waals surface area contributed by atoms with Gasteiger partial charge in [0.15, 0.2) is 0 Å². The van der Waals surface area contributed by atoms with Crippen molar-refractivity contribution in [2.75, 3.05) is 19.6 Å². The maximum absolute atomic E-state index is 11.7. The number of primary amides is 1. The van der Waals surface area contributed by atoms with Gasteiger partial charge in [-0.2, -0.15) is 0 Å². The molecule has 2 fully saturated rings. The molecule has 116 valence electrons. The van der Waals surface area contributed by atoms with Crippen molar-refractivity contribution in [2.45, 2.75) is 64.5 Å². The van der Waals surface area contributed by atoms with Crippen LogP contribution in [0.4, 0.5) is 0 Å². The van der Waals surface area contributed by atoms with Crippen molar-refractivity contribution in [1.29, 1.82) is 0 Å². The minimum absolute atomic E-state index is 0.204. The van der Waals surface area contributed by atoms with Crippen LogP contribution >= 0.6 is 0 Å². The summed E-state index contributed by atoms with van der Waals surface area (Å²) < 4.78 is 0. The van der Waals surface area contributed by atoms with Crippen molar-refractivity contribution in [2.24, 2.45) is 17.6 Å². The predicted octanol–water partition coefficient (Wildman–Crippen LogP) is 1.74. The summed E-state index contributed by atoms with van der Waals surface area (Å²) in [5.41, 5.74) is 5.07. The Morgan fingerprint density at radius 3 is 2.55 bits per heavy atom. The molecular weight excluding hydrogens is 250 g/mol. The lowest BCUT2D eigenvalue weighted by molar-refractivity contribution is -0.124. The fourth-order valence-electron chi connectivity index (χ4n) is 3.15. The lowest BCUT2D eigenvalue weighted by Crippen LogP contribution is -2.54. The molecule has 2 aliphatic rings. The highest BCUT2D eigenvalue weighted by Crippen LogP contribution is 2.26. The standard InChI is InChI=1S/C16H31N3O/c1-12-7-10-19(11-13(12)2)9-4-8-16(3,15(17)20)18-14-5-6-14/h12-14,18H,4-11H2,1-3H3,(H2,17,20). The molecule has 0 radical (unpaired) electrons. The molecule has 3 N–H and O–H groups in total. The minimum atomic E-state index is -0.518. The van der Waals surface area contributed by atoms with Gasteiger partial charge in [0.25, 0.3) is 0 Å². The second-order valence-electron chi connectivity index (χ2n) is 7.26. The molecule has 4 heteroatoms. The van der Waals surface area contributed by atoms with Crippen LogP contribution in [0.1, 0.15) is 52.9 Å². The summed E-state index contributed by atoms with van der Waals surface area (Å²) in [6.45, 7) is 10.2. The number of carbonyl (C=O) groups excluding carboxylic acids is 1. The van der Waals surface area contributed by atoms with Gasteiger partial charge in [0, 0.05) is 12.6 Å². The van der Waals surface area contributed by atoms with E-state index in [9.17, 15) is 4.79 Å². The molecule has 20 heavy (non-hydrogen) atoms. The molecule has 2 rings (SSSR count). The molecule has 0 aromatic carbocycles. The first-order chi connectivity index (χ1) is 9.40. The summed E-state index contributed by atoms with van der Waals surface area (Å²) >= 11 is 0. The van der Waals surface area contributed by atoms with E-state index in [2.05, 4.69) is 24.1 Å². The monoisotopic (exact) mass is 281 g/mol. The molecule has 1 heterocycles. The molecule has 1 saturated heterocycles. The molecular formula is C16H31N3O. The molecule has 3 atom stereocenters. The summed E-state index contributed by atoms with van der Waals surface area (Å²) in [7, 11) is 0. The Kier molecular flexibility index (Phi) is 5.08. The third-order valence-corrected chi connectivity index (χ3v) is 5.21. The number of piperidine rings is 1. The number of rotatable bonds is 7. The fraction of sp³-hybridized carbons (Fsp3) is 0.938. The van der Waals surface area contributed by atoms with Crippen molar-refractivity contribution in [1.82, 2.24) is 10.2 Å². The molecule has 0 aromatic rings. The van der Waals surface area contributed by atoms with Crippen LogP contribution in [0.3, 0.4) is 0 Å². The van der Waals surface area contributed by atoms with Crippen molar-refractivity contribution < 1.29 is 4.79 Å². The molecule has 1 aliphatic heterocycles. The average Bonchev–Trinajstić information content (AvgIpc) is 3.17. The largest absolute Gasteiger partial charge is 0.368 e. The number of amides is 1. The van der Waals surface area contributed by atoms with Crippen molar-refractivity contribution in [3.8, 4) is 0 Å². The van der Waals surface area contributed by atoms with Crippen LogP contribution < -0.4 is 11.1 Å². The van der Waals surface area contributed by atoms with Gasteiger partial charge in [-0.15, -0.1) is 0 Å². The number of nitrogens with two attached hydrogens (primary N) is 1. The number of carbonyl (C=O) groups is 1. The van der Waals surface area contributed by atoms with Crippen LogP contribution in [0.2, 0.25) is 0 Å². The Labute approximate surface area is 123 Å². The van der Waals surface area contributed by atoms with E-state index in [1.807, 2.05) is 6.92 Å². The van der Waals surface area contributed by atoms with Gasteiger partial charge in [-0.1, -0.05) is 13.8 Å². The van der Waals surface area contributed by atoms with Crippen molar-refractivity contribution in [3.05, 3.63) is 0 Å². The third kappa shape index (κ3) is 4.19. The Balaban J connectivity index is 1.74. The van der Waals surface area contributed by atoms with Crippen LogP contribution in [0.5, 0.6) is 0 Å². The Morgan fingerprint density at radius 1 is 1.30 bits per heavy atom. The lowest BCUT2D eigenvalue weighted by Gasteiger charge is -2.36. The lowest BCUT2D eigenvalue weighted by atomic mass is 9.88. The van der Waals surface area contributed by atoms with E-state index in [0.29, 0.717) is 6.04 Å². The Morgan fingerprint density at radius 2 is 2.00 bits per heavy atom. The molecule has 0 bridgehead atoms. The van der Waals surface area contributed by atoms with Crippen LogP contribution in [0, 0.1) is 11.8 Å². The zero-order valence-corrected chi connectivity index (χ0v) is 13.3. The molecule has 4 nitrogen and oxygen atoms in total. The second kappa shape index (κ2) is 6.44. The SMILES string of the molecule is CC1CCN(CCCC(C)(NC2CC2)C(N)=O)CC1C. The summed E-state index contributed by atoms with van der Waals surface area (Å²) in [4.78, 5) is 14.3. The van der Waals surface area contributed by atoms with Gasteiger partial charge in [0.05, 0.1) is 5.54 Å². The molecule has 1 saturated carbocycles. The van der Waals surface area contributed by atoms with Gasteiger partial charge in [-0.05, 0) is 64.0 Å². The summed E-state index contributed by atoms with van der Waals surface area (Å²) in [5.74, 6) is 1.43. The smallest absolute Gasteiger partial charge is 0.237 e. The van der Waals surface area contributed by atoms with Gasteiger partial charge in [-0.3, -0.25) is 4.79 Å². The highest BCUT2D eigenvalue weighted by Gasteiger charge is 2.36. The normalized spacial score (nSPS) is 30.9. The summed E-state index contributed by atoms with van der Waals surface area (Å²) in [6.07, 6.45) is 5.56. The van der Waals surface area contributed by atoms with E-state index >= 15 is 0 Å². The summed E-state index contributed by atoms with van der Waals surface area (Å²) in [6, 6.07) is 0.517. The number of likely N-dealkylation sites (tertiary alicyclic amines) is 1. The zero-order chi connectivity index (χ0) is 14.8. The van der Waals surface area contributed by atoms with E-state index in [1.54, 1.807) is 0 Å². The highest BCUT2D eigenvalue weighted by atomic mass is 16.1. The maximum Gasteiger partial charge on any atom is 0.237 e. The van der Waals surface area contributed by atoms with Gasteiger partial charge < -0.3 is 16.0 Å². The first-order valence-electron chi connectivity index (χ1n) is 8.20. The number of hydrogen-bond donors (Lipinski definition) is 2. The van der Waals surface area contributed by atoms with Gasteiger partial charge >= 0.3 is 0 Å². The number of hydrogen-bond acceptors (Lipinski definition) is 3. The summed E-state index contributed by atoms with van der Waals surface area (Å²) in [5, 5.41) is 3.43. The van der Waals surface area contributed by atoms with Gasteiger partial charge in [0.2, 0.25) is 5.91 Å². The average molecular weight is 281 g/mol. The Hall–Kier alpha value is -0.610. The molecule has 0 aromatic heterocycles. The van der Waals surface area contributed by atoms with Crippen LogP contribution in [-0.2, 0) is 4.79 Å². The van der Waals surface area contributed by atoms with E-state index in [0.717, 1.165) is 31.2 Å². The number of nitrogens with one attached hydrogen (secondary N) is 1. The molecule has 1 amide bonds. The van der Waals surface area contributed by atoms with Crippen molar-refractivity contribution >= 4 is 5.91 Å². The first-order valence-corrected chi connectivity index (χ1v) is 8.20. The second-order valence-corrected chi connectivity index (χ2v) is 7.26. The van der Waals surface area contributed by atoms with Crippen LogP contribution in [0.15, 0.2) is 0 Å². The quantitative estimate of drug-likeness (QED) is 0.747. The van der Waals surface area contributed by atoms with Crippen LogP contribution in [0.25, 0.3) is 0 Å². The van der Waals surface area contributed by atoms with Crippen LogP contribution in [-0.4, -0.2) is 42.0 Å². The zero-order valence-electron chi connectivity index (χ0n) is 13.3. The minimum Gasteiger partial charge on any atom is -0.368 e. The Bertz CT molecular complexity index is 343. The first kappa shape index (κ1) is 15.8. The van der Waals surface area contributed by atoms with Gasteiger partial charge in [0.1, 0.15) is 0 Å². The van der Waals surface area contributed by atoms with Crippen molar-refractivity contribution in [3.63, 3.8) is 0 Å².